The summed E-state index contributed by atoms with van der Waals surface area (Å²) in [6.07, 6.45) is -3.86. The number of methoxy groups -OCH3 is 1. The van der Waals surface area contributed by atoms with Crippen LogP contribution < -0.4 is 15.4 Å². The Labute approximate surface area is 166 Å². The number of ether oxygens (including phenoxy) is 2. The second kappa shape index (κ2) is 10.5. The lowest BCUT2D eigenvalue weighted by Gasteiger charge is -2.13. The summed E-state index contributed by atoms with van der Waals surface area (Å²) in [7, 11) is 1.56. The van der Waals surface area contributed by atoms with E-state index in [0.717, 1.165) is 12.1 Å². The van der Waals surface area contributed by atoms with Crippen LogP contribution in [0.4, 0.5) is 18.9 Å². The Kier molecular flexibility index (Phi) is 8.02. The van der Waals surface area contributed by atoms with Gasteiger partial charge >= 0.3 is 6.18 Å². The topological polar surface area (TPSA) is 76.7 Å². The van der Waals surface area contributed by atoms with Crippen LogP contribution >= 0.6 is 0 Å². The highest BCUT2D eigenvalue weighted by molar-refractivity contribution is 6.04. The summed E-state index contributed by atoms with van der Waals surface area (Å²) in [5.74, 6) is -1.06. The van der Waals surface area contributed by atoms with Crippen molar-refractivity contribution < 1.29 is 32.2 Å². The minimum atomic E-state index is -4.50. The molecule has 0 fully saturated rings. The number of anilines is 1. The maximum Gasteiger partial charge on any atom is 0.416 e. The molecule has 0 radical (unpaired) electrons. The average molecular weight is 410 g/mol. The first-order chi connectivity index (χ1) is 13.8. The Morgan fingerprint density at radius 3 is 2.55 bits per heavy atom. The Morgan fingerprint density at radius 2 is 1.83 bits per heavy atom. The van der Waals surface area contributed by atoms with Gasteiger partial charge in [-0.15, -0.1) is 0 Å². The lowest BCUT2D eigenvalue weighted by Crippen LogP contribution is -2.27. The Bertz CT molecular complexity index is 840. The van der Waals surface area contributed by atoms with E-state index in [-0.39, 0.29) is 22.9 Å². The molecule has 0 unspecified atom stereocenters. The van der Waals surface area contributed by atoms with Gasteiger partial charge in [0.05, 0.1) is 16.8 Å². The highest BCUT2D eigenvalue weighted by atomic mass is 19.4. The van der Waals surface area contributed by atoms with Crippen molar-refractivity contribution in [1.29, 1.82) is 0 Å². The summed E-state index contributed by atoms with van der Waals surface area (Å²) in [6.45, 7) is 0.407. The molecular weight excluding hydrogens is 389 g/mol. The molecule has 0 atom stereocenters. The van der Waals surface area contributed by atoms with Crippen molar-refractivity contribution >= 4 is 17.5 Å². The van der Waals surface area contributed by atoms with Crippen molar-refractivity contribution in [3.8, 4) is 5.75 Å². The molecule has 6 nitrogen and oxygen atoms in total. The van der Waals surface area contributed by atoms with E-state index in [1.807, 2.05) is 0 Å². The van der Waals surface area contributed by atoms with Crippen molar-refractivity contribution in [2.45, 2.75) is 12.6 Å². The van der Waals surface area contributed by atoms with Crippen LogP contribution in [0.2, 0.25) is 0 Å². The van der Waals surface area contributed by atoms with Crippen LogP contribution in [0, 0.1) is 0 Å². The number of nitrogens with one attached hydrogen (secondary N) is 2. The second-order valence-corrected chi connectivity index (χ2v) is 6.01. The summed E-state index contributed by atoms with van der Waals surface area (Å²) < 4.78 is 48.2. The number of hydrogen-bond donors (Lipinski definition) is 2. The smallest absolute Gasteiger partial charge is 0.416 e. The predicted octanol–water partition coefficient (Wildman–Crippen LogP) is 3.49. The number of rotatable bonds is 9. The minimum Gasteiger partial charge on any atom is -0.484 e. The number of benzene rings is 2. The van der Waals surface area contributed by atoms with Gasteiger partial charge < -0.3 is 20.1 Å². The van der Waals surface area contributed by atoms with Crippen molar-refractivity contribution in [3.63, 3.8) is 0 Å². The number of amides is 2. The zero-order valence-electron chi connectivity index (χ0n) is 15.7. The van der Waals surface area contributed by atoms with Crippen LogP contribution in [0.15, 0.2) is 48.5 Å². The van der Waals surface area contributed by atoms with Crippen molar-refractivity contribution in [2.75, 3.05) is 32.2 Å². The Hall–Kier alpha value is -3.07. The van der Waals surface area contributed by atoms with E-state index in [1.165, 1.54) is 12.1 Å². The fraction of sp³-hybridized carbons (Fsp3) is 0.300. The third-order valence-electron chi connectivity index (χ3n) is 3.79. The fourth-order valence-electron chi connectivity index (χ4n) is 2.40. The standard InChI is InChI=1S/C20H21F3N2O4/c1-28-11-5-10-24-19(27)16-8-2-3-9-17(16)25-18(26)13-29-15-7-4-6-14(12-15)20(21,22)23/h2-4,6-9,12H,5,10-11,13H2,1H3,(H,24,27)(H,25,26). The number of hydrogen-bond acceptors (Lipinski definition) is 4. The zero-order valence-corrected chi connectivity index (χ0v) is 15.7. The molecule has 2 aromatic carbocycles. The first-order valence-electron chi connectivity index (χ1n) is 8.77. The highest BCUT2D eigenvalue weighted by Gasteiger charge is 2.30. The molecule has 0 aliphatic carbocycles. The summed E-state index contributed by atoms with van der Waals surface area (Å²) in [5, 5.41) is 5.25. The maximum atomic E-state index is 12.7. The summed E-state index contributed by atoms with van der Waals surface area (Å²) >= 11 is 0. The maximum absolute atomic E-state index is 12.7. The SMILES string of the molecule is COCCCNC(=O)c1ccccc1NC(=O)COc1cccc(C(F)(F)F)c1. The van der Waals surface area contributed by atoms with E-state index in [2.05, 4.69) is 10.6 Å². The van der Waals surface area contributed by atoms with Crippen LogP contribution in [0.1, 0.15) is 22.3 Å². The fourth-order valence-corrected chi connectivity index (χ4v) is 2.40. The molecule has 29 heavy (non-hydrogen) atoms. The van der Waals surface area contributed by atoms with Gasteiger partial charge in [0.2, 0.25) is 0 Å². The van der Waals surface area contributed by atoms with E-state index in [4.69, 9.17) is 9.47 Å². The van der Waals surface area contributed by atoms with Crippen LogP contribution in [0.3, 0.4) is 0 Å². The molecule has 0 heterocycles. The third-order valence-corrected chi connectivity index (χ3v) is 3.79. The van der Waals surface area contributed by atoms with Gasteiger partial charge in [-0.2, -0.15) is 13.2 Å². The molecule has 0 spiro atoms. The van der Waals surface area contributed by atoms with Gasteiger partial charge in [0, 0.05) is 20.3 Å². The predicted molar refractivity (Wildman–Crippen MR) is 101 cm³/mol. The van der Waals surface area contributed by atoms with Crippen molar-refractivity contribution in [3.05, 3.63) is 59.7 Å². The van der Waals surface area contributed by atoms with Crippen molar-refractivity contribution in [1.82, 2.24) is 5.32 Å². The van der Waals surface area contributed by atoms with Gasteiger partial charge in [-0.05, 0) is 36.8 Å². The number of carbonyl (C=O) groups is 2. The lowest BCUT2D eigenvalue weighted by atomic mass is 10.1. The quantitative estimate of drug-likeness (QED) is 0.621. The summed E-state index contributed by atoms with van der Waals surface area (Å²) in [4.78, 5) is 24.4. The monoisotopic (exact) mass is 410 g/mol. The van der Waals surface area contributed by atoms with Gasteiger partial charge in [0.25, 0.3) is 11.8 Å². The molecule has 2 amide bonds. The molecule has 0 bridgehead atoms. The van der Waals surface area contributed by atoms with E-state index in [1.54, 1.807) is 31.4 Å². The highest BCUT2D eigenvalue weighted by Crippen LogP contribution is 2.31. The summed E-state index contributed by atoms with van der Waals surface area (Å²) in [6, 6.07) is 10.6. The molecule has 0 aliphatic heterocycles. The molecule has 0 aromatic heterocycles. The first kappa shape index (κ1) is 22.2. The molecular formula is C20H21F3N2O4. The largest absolute Gasteiger partial charge is 0.484 e. The summed E-state index contributed by atoms with van der Waals surface area (Å²) in [5.41, 5.74) is -0.336. The third kappa shape index (κ3) is 7.11. The van der Waals surface area contributed by atoms with Crippen LogP contribution in [0.25, 0.3) is 0 Å². The Morgan fingerprint density at radius 1 is 1.07 bits per heavy atom. The Balaban J connectivity index is 1.95. The first-order valence-corrected chi connectivity index (χ1v) is 8.77. The minimum absolute atomic E-state index is 0.0841. The molecule has 9 heteroatoms. The van der Waals surface area contributed by atoms with Gasteiger partial charge in [0.15, 0.2) is 6.61 Å². The number of halogens is 3. The molecule has 2 aromatic rings. The van der Waals surface area contributed by atoms with E-state index >= 15 is 0 Å². The van der Waals surface area contributed by atoms with E-state index < -0.39 is 24.3 Å². The number of para-hydroxylation sites is 1. The average Bonchev–Trinajstić information content (AvgIpc) is 2.69. The molecule has 0 saturated carbocycles. The normalized spacial score (nSPS) is 11.0. The second-order valence-electron chi connectivity index (χ2n) is 6.01. The zero-order chi connectivity index (χ0) is 21.3. The van der Waals surface area contributed by atoms with Crippen LogP contribution in [-0.4, -0.2) is 38.7 Å². The van der Waals surface area contributed by atoms with Crippen LogP contribution in [0.5, 0.6) is 5.75 Å². The lowest BCUT2D eigenvalue weighted by molar-refractivity contribution is -0.137. The molecule has 2 N–H and O–H groups in total. The molecule has 0 saturated heterocycles. The molecule has 0 aliphatic rings. The number of alkyl halides is 3. The molecule has 2 rings (SSSR count). The van der Waals surface area contributed by atoms with Gasteiger partial charge in [-0.3, -0.25) is 9.59 Å². The van der Waals surface area contributed by atoms with Crippen LogP contribution in [-0.2, 0) is 15.7 Å². The van der Waals surface area contributed by atoms with E-state index in [9.17, 15) is 22.8 Å². The van der Waals surface area contributed by atoms with E-state index in [0.29, 0.717) is 19.6 Å². The van der Waals surface area contributed by atoms with Gasteiger partial charge in [0.1, 0.15) is 5.75 Å². The molecule has 156 valence electrons. The number of carbonyl (C=O) groups excluding carboxylic acids is 2. The van der Waals surface area contributed by atoms with Crippen molar-refractivity contribution in [2.24, 2.45) is 0 Å². The van der Waals surface area contributed by atoms with Gasteiger partial charge in [-0.25, -0.2) is 0 Å². The van der Waals surface area contributed by atoms with Gasteiger partial charge in [-0.1, -0.05) is 18.2 Å².